The van der Waals surface area contributed by atoms with E-state index >= 15 is 0 Å². The lowest BCUT2D eigenvalue weighted by atomic mass is 9.99. The molecule has 1 N–H and O–H groups in total. The maximum Gasteiger partial charge on any atom is 0.271 e. The van der Waals surface area contributed by atoms with E-state index in [1.807, 2.05) is 16.0 Å². The minimum Gasteiger partial charge on any atom is -0.349 e. The van der Waals surface area contributed by atoms with Crippen molar-refractivity contribution in [2.75, 3.05) is 26.2 Å². The molecule has 24 heavy (non-hydrogen) atoms. The molecule has 2 aromatic heterocycles. The third-order valence-electron chi connectivity index (χ3n) is 4.58. The molecule has 0 bridgehead atoms. The first-order chi connectivity index (χ1) is 11.8. The monoisotopic (exact) mass is 340 g/mol. The van der Waals surface area contributed by atoms with Crippen molar-refractivity contribution in [2.24, 2.45) is 0 Å². The molecular weight excluding hydrogens is 320 g/mol. The summed E-state index contributed by atoms with van der Waals surface area (Å²) in [6.45, 7) is 3.71. The van der Waals surface area contributed by atoms with Gasteiger partial charge in [0.25, 0.3) is 5.91 Å². The molecule has 3 heterocycles. The Hall–Kier alpha value is -2.18. The molecule has 0 spiro atoms. The van der Waals surface area contributed by atoms with Crippen LogP contribution in [0.4, 0.5) is 0 Å². The van der Waals surface area contributed by atoms with Gasteiger partial charge >= 0.3 is 0 Å². The number of hydrogen-bond acceptors (Lipinski definition) is 4. The molecule has 1 saturated heterocycles. The Bertz CT molecular complexity index is 797. The molecular formula is C18H20N4OS. The van der Waals surface area contributed by atoms with E-state index in [0.717, 1.165) is 24.6 Å². The van der Waals surface area contributed by atoms with Gasteiger partial charge < -0.3 is 10.2 Å². The number of imidazole rings is 1. The number of carbonyl (C=O) groups is 1. The molecule has 1 atom stereocenters. The van der Waals surface area contributed by atoms with Crippen LogP contribution in [0.1, 0.15) is 28.4 Å². The number of amides is 1. The second-order valence-electron chi connectivity index (χ2n) is 6.17. The molecule has 1 aliphatic heterocycles. The van der Waals surface area contributed by atoms with Gasteiger partial charge in [0.1, 0.15) is 5.69 Å². The highest BCUT2D eigenvalue weighted by atomic mass is 32.1. The molecule has 5 nitrogen and oxygen atoms in total. The lowest BCUT2D eigenvalue weighted by molar-refractivity contribution is 0.0945. The third kappa shape index (κ3) is 3.20. The highest BCUT2D eigenvalue weighted by Crippen LogP contribution is 2.26. The van der Waals surface area contributed by atoms with E-state index in [0.29, 0.717) is 18.2 Å². The Balaban J connectivity index is 1.26. The molecule has 4 rings (SSSR count). The second kappa shape index (κ2) is 6.75. The molecule has 0 aliphatic carbocycles. The second-order valence-corrected chi connectivity index (χ2v) is 7.04. The number of fused-ring (bicyclic) bond motifs is 1. The number of nitrogens with one attached hydrogen (secondary N) is 1. The van der Waals surface area contributed by atoms with Crippen LogP contribution in [-0.2, 0) is 0 Å². The van der Waals surface area contributed by atoms with Crippen LogP contribution < -0.4 is 5.32 Å². The molecule has 0 radical (unpaired) electrons. The number of hydrogen-bond donors (Lipinski definition) is 1. The summed E-state index contributed by atoms with van der Waals surface area (Å²) in [5, 5.41) is 4.94. The number of nitrogens with zero attached hydrogens (tertiary/aromatic N) is 3. The minimum absolute atomic E-state index is 0.0929. The van der Waals surface area contributed by atoms with Crippen molar-refractivity contribution in [2.45, 2.75) is 12.3 Å². The Morgan fingerprint density at radius 2 is 2.21 bits per heavy atom. The largest absolute Gasteiger partial charge is 0.349 e. The van der Waals surface area contributed by atoms with Gasteiger partial charge in [-0.05, 0) is 24.4 Å². The predicted octanol–water partition coefficient (Wildman–Crippen LogP) is 2.62. The summed E-state index contributed by atoms with van der Waals surface area (Å²) >= 11 is 1.53. The van der Waals surface area contributed by atoms with Crippen LogP contribution in [0.2, 0.25) is 0 Å². The van der Waals surface area contributed by atoms with Crippen molar-refractivity contribution < 1.29 is 4.79 Å². The smallest absolute Gasteiger partial charge is 0.271 e. The minimum atomic E-state index is -0.0929. The molecule has 1 fully saturated rings. The number of likely N-dealkylation sites (tertiary alicyclic amines) is 1. The summed E-state index contributed by atoms with van der Waals surface area (Å²) in [6, 6.07) is 10.7. The van der Waals surface area contributed by atoms with Crippen molar-refractivity contribution >= 4 is 22.2 Å². The summed E-state index contributed by atoms with van der Waals surface area (Å²) in [4.78, 5) is 19.8. The van der Waals surface area contributed by atoms with Crippen molar-refractivity contribution in [3.8, 4) is 0 Å². The summed E-state index contributed by atoms with van der Waals surface area (Å²) in [5.41, 5.74) is 1.91. The standard InChI is InChI=1S/C18H20N4OS/c23-17(16-13-22-10-11-24-18(22)20-16)19-7-9-21-8-6-15(12-21)14-4-2-1-3-5-14/h1-5,10-11,13,15H,6-9,12H2,(H,19,23)/t15-/m0/s1. The van der Waals surface area contributed by atoms with E-state index in [-0.39, 0.29) is 5.91 Å². The van der Waals surface area contributed by atoms with Crippen LogP contribution in [0.25, 0.3) is 4.96 Å². The molecule has 1 aromatic carbocycles. The van der Waals surface area contributed by atoms with E-state index in [9.17, 15) is 4.79 Å². The van der Waals surface area contributed by atoms with E-state index < -0.39 is 0 Å². The van der Waals surface area contributed by atoms with Crippen LogP contribution in [0.15, 0.2) is 48.1 Å². The molecule has 3 aromatic rings. The van der Waals surface area contributed by atoms with Crippen LogP contribution in [0.5, 0.6) is 0 Å². The van der Waals surface area contributed by atoms with Gasteiger partial charge in [-0.2, -0.15) is 0 Å². The highest BCUT2D eigenvalue weighted by molar-refractivity contribution is 7.15. The van der Waals surface area contributed by atoms with Crippen LogP contribution in [-0.4, -0.2) is 46.4 Å². The van der Waals surface area contributed by atoms with Gasteiger partial charge in [-0.25, -0.2) is 4.98 Å². The molecule has 6 heteroatoms. The number of aromatic nitrogens is 2. The Morgan fingerprint density at radius 1 is 1.33 bits per heavy atom. The summed E-state index contributed by atoms with van der Waals surface area (Å²) < 4.78 is 1.88. The molecule has 0 saturated carbocycles. The topological polar surface area (TPSA) is 49.6 Å². The van der Waals surface area contributed by atoms with Crippen LogP contribution in [0.3, 0.4) is 0 Å². The SMILES string of the molecule is O=C(NCCN1CC[C@H](c2ccccc2)C1)c1cn2ccsc2n1. The van der Waals surface area contributed by atoms with E-state index in [1.54, 1.807) is 6.20 Å². The lowest BCUT2D eigenvalue weighted by Gasteiger charge is -2.16. The van der Waals surface area contributed by atoms with Crippen LogP contribution >= 0.6 is 11.3 Å². The molecule has 1 aliphatic rings. The van der Waals surface area contributed by atoms with Gasteiger partial charge in [-0.1, -0.05) is 30.3 Å². The van der Waals surface area contributed by atoms with Gasteiger partial charge in [0.15, 0.2) is 4.96 Å². The average molecular weight is 340 g/mol. The number of carbonyl (C=O) groups excluding carboxylic acids is 1. The fourth-order valence-corrected chi connectivity index (χ4v) is 3.99. The fraction of sp³-hybridized carbons (Fsp3) is 0.333. The molecule has 1 amide bonds. The van der Waals surface area contributed by atoms with Gasteiger partial charge in [0, 0.05) is 37.4 Å². The number of thiazole rings is 1. The number of benzene rings is 1. The highest BCUT2D eigenvalue weighted by Gasteiger charge is 2.23. The average Bonchev–Trinajstić information content (AvgIpc) is 3.31. The summed E-state index contributed by atoms with van der Waals surface area (Å²) in [5.74, 6) is 0.520. The quantitative estimate of drug-likeness (QED) is 0.777. The van der Waals surface area contributed by atoms with Crippen molar-refractivity contribution in [3.63, 3.8) is 0 Å². The van der Waals surface area contributed by atoms with Gasteiger partial charge in [-0.3, -0.25) is 9.20 Å². The van der Waals surface area contributed by atoms with Gasteiger partial charge in [0.2, 0.25) is 0 Å². The summed E-state index contributed by atoms with van der Waals surface area (Å²) in [6.07, 6.45) is 4.88. The third-order valence-corrected chi connectivity index (χ3v) is 5.35. The lowest BCUT2D eigenvalue weighted by Crippen LogP contribution is -2.34. The zero-order valence-electron chi connectivity index (χ0n) is 13.4. The number of rotatable bonds is 5. The zero-order chi connectivity index (χ0) is 16.4. The first kappa shape index (κ1) is 15.4. The molecule has 124 valence electrons. The Kier molecular flexibility index (Phi) is 4.32. The van der Waals surface area contributed by atoms with E-state index in [4.69, 9.17) is 0 Å². The maximum atomic E-state index is 12.2. The fourth-order valence-electron chi connectivity index (χ4n) is 3.29. The van der Waals surface area contributed by atoms with Gasteiger partial charge in [-0.15, -0.1) is 11.3 Å². The maximum absolute atomic E-state index is 12.2. The summed E-state index contributed by atoms with van der Waals surface area (Å²) in [7, 11) is 0. The van der Waals surface area contributed by atoms with Crippen molar-refractivity contribution in [3.05, 3.63) is 59.4 Å². The predicted molar refractivity (Wildman–Crippen MR) is 95.6 cm³/mol. The molecule has 0 unspecified atom stereocenters. The van der Waals surface area contributed by atoms with E-state index in [1.165, 1.54) is 23.3 Å². The normalized spacial score (nSPS) is 18.2. The van der Waals surface area contributed by atoms with E-state index in [2.05, 4.69) is 45.5 Å². The van der Waals surface area contributed by atoms with Crippen LogP contribution in [0, 0.1) is 0 Å². The first-order valence-electron chi connectivity index (χ1n) is 8.27. The first-order valence-corrected chi connectivity index (χ1v) is 9.15. The van der Waals surface area contributed by atoms with Gasteiger partial charge in [0.05, 0.1) is 0 Å². The van der Waals surface area contributed by atoms with Crippen molar-refractivity contribution in [1.82, 2.24) is 19.6 Å². The Labute approximate surface area is 144 Å². The Morgan fingerprint density at radius 3 is 3.04 bits per heavy atom. The van der Waals surface area contributed by atoms with Crippen molar-refractivity contribution in [1.29, 1.82) is 0 Å². The zero-order valence-corrected chi connectivity index (χ0v) is 14.2.